The van der Waals surface area contributed by atoms with Gasteiger partial charge in [0.2, 0.25) is 11.8 Å². The number of benzene rings is 3. The number of anilines is 1. The number of phenols is 1. The van der Waals surface area contributed by atoms with Gasteiger partial charge < -0.3 is 19.5 Å². The zero-order valence-electron chi connectivity index (χ0n) is 27.7. The number of hydrogen-bond donors (Lipinski definition) is 2. The quantitative estimate of drug-likeness (QED) is 0.0985. The van der Waals surface area contributed by atoms with Crippen LogP contribution in [0, 0.1) is 17.8 Å². The van der Waals surface area contributed by atoms with Crippen LogP contribution < -0.4 is 9.64 Å². The maximum Gasteiger partial charge on any atom is 0.455 e. The molecule has 4 atom stereocenters. The van der Waals surface area contributed by atoms with Gasteiger partial charge in [-0.25, -0.2) is 4.90 Å². The molecule has 0 unspecified atom stereocenters. The second-order valence-electron chi connectivity index (χ2n) is 13.1. The van der Waals surface area contributed by atoms with E-state index < -0.39 is 72.0 Å². The van der Waals surface area contributed by atoms with E-state index in [-0.39, 0.29) is 31.2 Å². The molecule has 2 N–H and O–H groups in total. The third-order valence-corrected chi connectivity index (χ3v) is 10.1. The zero-order chi connectivity index (χ0) is 37.5. The van der Waals surface area contributed by atoms with Crippen LogP contribution in [0.4, 0.5) is 32.0 Å². The lowest BCUT2D eigenvalue weighted by Gasteiger charge is -2.43. The number of carbonyl (C=O) groups is 2. The first-order valence-corrected chi connectivity index (χ1v) is 17.0. The van der Waals surface area contributed by atoms with Gasteiger partial charge in [0, 0.05) is 0 Å². The third-order valence-electron chi connectivity index (χ3n) is 9.82. The molecule has 3 aromatic rings. The molecule has 2 saturated heterocycles. The summed E-state index contributed by atoms with van der Waals surface area (Å²) in [6.07, 6.45) is -8.09. The Kier molecular flexibility index (Phi) is 10.5. The number of allylic oxidation sites excluding steroid dienone is 1. The topological polar surface area (TPSA) is 96.3 Å². The van der Waals surface area contributed by atoms with E-state index in [1.165, 1.54) is 12.1 Å². The molecule has 0 bridgehead atoms. The fraction of sp³-hybridized carbons (Fsp3) is 0.351. The second kappa shape index (κ2) is 14.6. The fourth-order valence-corrected chi connectivity index (χ4v) is 7.66. The van der Waals surface area contributed by atoms with Crippen LogP contribution in [0.1, 0.15) is 49.3 Å². The summed E-state index contributed by atoms with van der Waals surface area (Å²) in [5, 5.41) is 21.0. The van der Waals surface area contributed by atoms with Crippen molar-refractivity contribution in [2.75, 3.05) is 11.5 Å². The average Bonchev–Trinajstić information content (AvgIpc) is 3.34. The Bertz CT molecular complexity index is 1880. The first kappa shape index (κ1) is 37.5. The molecule has 2 aliphatic heterocycles. The van der Waals surface area contributed by atoms with Crippen molar-refractivity contribution < 1.29 is 55.5 Å². The maximum atomic E-state index is 14.1. The number of phenolic OH excluding ortho intramolecular Hbond substituents is 1. The predicted molar refractivity (Wildman–Crippen MR) is 181 cm³/mol. The first-order valence-electron chi connectivity index (χ1n) is 16.6. The minimum Gasteiger partial charge on any atom is -0.508 e. The number of rotatable bonds is 9. The van der Waals surface area contributed by atoms with Gasteiger partial charge in [-0.2, -0.15) is 26.3 Å². The standard InChI is InChI=1S/C37H33BClF6NO6/c1-2-20(12-21-9-10-26(47)17-30(21)39)8-11-31-32-22(19-51-27-6-4-3-5-7-27)13-28-33(29(32)18-38(50)52-31)35(49)46(34(28)48)25-15-23(36(40,41)42)14-24(16-25)37(43,44)45/h3-7,9-10,12,14-17,28-29,31,33,47,50H,2,8,11,13,18-19H2,1H3/b20-12+/t28-,29+,31-,33-/m1/s1. The zero-order valence-corrected chi connectivity index (χ0v) is 28.4. The highest BCUT2D eigenvalue weighted by atomic mass is 35.5. The number of fused-ring (bicyclic) bond motifs is 3. The van der Waals surface area contributed by atoms with Gasteiger partial charge >= 0.3 is 19.5 Å². The second-order valence-corrected chi connectivity index (χ2v) is 13.5. The van der Waals surface area contributed by atoms with Gasteiger partial charge in [0.15, 0.2) is 0 Å². The molecule has 7 nitrogen and oxygen atoms in total. The van der Waals surface area contributed by atoms with Crippen LogP contribution in [-0.2, 0) is 26.6 Å². The molecule has 15 heteroatoms. The van der Waals surface area contributed by atoms with Crippen LogP contribution in [0.2, 0.25) is 11.3 Å². The minimum atomic E-state index is -5.19. The molecular formula is C37H33BClF6NO6. The van der Waals surface area contributed by atoms with E-state index in [1.54, 1.807) is 36.4 Å². The van der Waals surface area contributed by atoms with E-state index in [4.69, 9.17) is 21.0 Å². The number of amides is 2. The van der Waals surface area contributed by atoms with E-state index in [0.29, 0.717) is 63.8 Å². The molecule has 2 amide bonds. The van der Waals surface area contributed by atoms with Crippen molar-refractivity contribution in [2.24, 2.45) is 17.8 Å². The molecule has 1 aliphatic carbocycles. The molecule has 2 heterocycles. The number of halogens is 7. The Morgan fingerprint density at radius 2 is 1.65 bits per heavy atom. The SMILES string of the molecule is CC/C(=C\c1ccc(O)cc1Cl)CC[C@H]1OB(O)C[C@H]2C1=C(COc1ccccc1)C[C@H]1C(=O)N(c3cc(C(F)(F)F)cc(C(F)(F)F)c3)C(=O)[C@H]12. The Morgan fingerprint density at radius 1 is 0.981 bits per heavy atom. The normalized spacial score (nSPS) is 22.5. The molecule has 0 saturated carbocycles. The van der Waals surface area contributed by atoms with E-state index >= 15 is 0 Å². The summed E-state index contributed by atoms with van der Waals surface area (Å²) < 4.78 is 94.7. The maximum absolute atomic E-state index is 14.1. The van der Waals surface area contributed by atoms with Gasteiger partial charge in [-0.15, -0.1) is 0 Å². The van der Waals surface area contributed by atoms with E-state index in [2.05, 4.69) is 0 Å². The van der Waals surface area contributed by atoms with Crippen molar-refractivity contribution in [1.29, 1.82) is 0 Å². The summed E-state index contributed by atoms with van der Waals surface area (Å²) in [6, 6.07) is 14.0. The molecular weight excluding hydrogens is 715 g/mol. The van der Waals surface area contributed by atoms with Gasteiger partial charge in [-0.3, -0.25) is 9.59 Å². The Morgan fingerprint density at radius 3 is 2.27 bits per heavy atom. The number of alkyl halides is 6. The number of imide groups is 1. The van der Waals surface area contributed by atoms with Crippen LogP contribution in [0.25, 0.3) is 6.08 Å². The largest absolute Gasteiger partial charge is 0.508 e. The lowest BCUT2D eigenvalue weighted by atomic mass is 9.58. The highest BCUT2D eigenvalue weighted by Gasteiger charge is 2.58. The summed E-state index contributed by atoms with van der Waals surface area (Å²) >= 11 is 6.33. The molecule has 52 heavy (non-hydrogen) atoms. The molecule has 274 valence electrons. The van der Waals surface area contributed by atoms with E-state index in [1.807, 2.05) is 13.0 Å². The monoisotopic (exact) mass is 747 g/mol. The number of aromatic hydroxyl groups is 1. The Balaban J connectivity index is 1.37. The number of para-hydroxylation sites is 1. The van der Waals surface area contributed by atoms with Crippen LogP contribution in [0.3, 0.4) is 0 Å². The highest BCUT2D eigenvalue weighted by Crippen LogP contribution is 2.52. The average molecular weight is 748 g/mol. The van der Waals surface area contributed by atoms with Crippen molar-refractivity contribution in [3.05, 3.63) is 105 Å². The fourth-order valence-electron chi connectivity index (χ4n) is 7.43. The molecule has 0 spiro atoms. The van der Waals surface area contributed by atoms with Gasteiger partial charge in [0.1, 0.15) is 18.1 Å². The smallest absolute Gasteiger partial charge is 0.455 e. The first-order chi connectivity index (χ1) is 24.5. The molecule has 2 fully saturated rings. The summed E-state index contributed by atoms with van der Waals surface area (Å²) in [5.74, 6) is -4.50. The molecule has 3 aliphatic rings. The predicted octanol–water partition coefficient (Wildman–Crippen LogP) is 8.74. The van der Waals surface area contributed by atoms with Crippen LogP contribution in [-0.4, -0.2) is 41.8 Å². The van der Waals surface area contributed by atoms with Gasteiger partial charge in [0.05, 0.1) is 39.8 Å². The van der Waals surface area contributed by atoms with Crippen LogP contribution in [0.5, 0.6) is 11.5 Å². The van der Waals surface area contributed by atoms with Gasteiger partial charge in [-0.05, 0) is 103 Å². The van der Waals surface area contributed by atoms with Crippen molar-refractivity contribution in [3.8, 4) is 11.5 Å². The van der Waals surface area contributed by atoms with Crippen molar-refractivity contribution in [3.63, 3.8) is 0 Å². The van der Waals surface area contributed by atoms with Crippen LogP contribution >= 0.6 is 11.6 Å². The number of ether oxygens (including phenoxy) is 1. The van der Waals surface area contributed by atoms with E-state index in [9.17, 15) is 46.1 Å². The highest BCUT2D eigenvalue weighted by molar-refractivity contribution is 6.43. The number of hydrogen-bond acceptors (Lipinski definition) is 6. The lowest BCUT2D eigenvalue weighted by Crippen LogP contribution is -2.46. The number of carbonyl (C=O) groups excluding carboxylic acids is 2. The lowest BCUT2D eigenvalue weighted by molar-refractivity contribution is -0.143. The Hall–Kier alpha value is -4.27. The number of nitrogens with zero attached hydrogens (tertiary/aromatic N) is 1. The van der Waals surface area contributed by atoms with Gasteiger partial charge in [0.25, 0.3) is 0 Å². The van der Waals surface area contributed by atoms with Crippen molar-refractivity contribution in [2.45, 2.75) is 57.4 Å². The third kappa shape index (κ3) is 7.74. The van der Waals surface area contributed by atoms with Crippen molar-refractivity contribution >= 4 is 42.3 Å². The van der Waals surface area contributed by atoms with E-state index in [0.717, 1.165) is 5.57 Å². The summed E-state index contributed by atoms with van der Waals surface area (Å²) in [7, 11) is -1.38. The van der Waals surface area contributed by atoms with Gasteiger partial charge in [-0.1, -0.05) is 48.4 Å². The van der Waals surface area contributed by atoms with Crippen molar-refractivity contribution in [1.82, 2.24) is 0 Å². The minimum absolute atomic E-state index is 0.0102. The Labute approximate surface area is 300 Å². The summed E-state index contributed by atoms with van der Waals surface area (Å²) in [6.45, 7) is 1.90. The summed E-state index contributed by atoms with van der Waals surface area (Å²) in [4.78, 5) is 28.5. The molecule has 6 rings (SSSR count). The molecule has 3 aromatic carbocycles. The molecule has 0 aromatic heterocycles. The molecule has 0 radical (unpaired) electrons. The summed E-state index contributed by atoms with van der Waals surface area (Å²) in [5.41, 5.74) is -1.30. The van der Waals surface area contributed by atoms with Crippen LogP contribution in [0.15, 0.2) is 83.4 Å².